The van der Waals surface area contributed by atoms with Gasteiger partial charge in [0.05, 0.1) is 42.1 Å². The van der Waals surface area contributed by atoms with Crippen molar-refractivity contribution in [2.45, 2.75) is 19.9 Å². The Labute approximate surface area is 251 Å². The van der Waals surface area contributed by atoms with Gasteiger partial charge in [-0.05, 0) is 62.5 Å². The van der Waals surface area contributed by atoms with Crippen LogP contribution in [0.2, 0.25) is 5.02 Å². The SMILES string of the molecule is CCOC(=O)C1=C(C)NC(=S)N[C@H]1c1ccccc1OCC(=O)NN=Cc1ccc(-c2cc(C(=O)OC)ccc2Cl)o1. The predicted molar refractivity (Wildman–Crippen MR) is 159 cm³/mol. The molecule has 11 nitrogen and oxygen atoms in total. The minimum atomic E-state index is -0.648. The zero-order valence-electron chi connectivity index (χ0n) is 22.9. The third-order valence-electron chi connectivity index (χ3n) is 6.01. The molecule has 0 radical (unpaired) electrons. The standard InChI is InChI=1S/C29H27ClN4O7S/c1-4-39-28(37)25-16(2)32-29(42)33-26(25)19-7-5-6-8-22(19)40-15-24(35)34-31-14-18-10-12-23(41-18)20-13-17(27(36)38-3)9-11-21(20)30/h5-14,26H,4,15H2,1-3H3,(H,34,35)(H2,32,33,42)/t26-/m0/s1. The van der Waals surface area contributed by atoms with Crippen LogP contribution in [-0.2, 0) is 19.1 Å². The molecule has 1 atom stereocenters. The number of amides is 1. The maximum atomic E-state index is 12.7. The summed E-state index contributed by atoms with van der Waals surface area (Å²) in [5.41, 5.74) is 4.70. The van der Waals surface area contributed by atoms with Crippen LogP contribution < -0.4 is 20.8 Å². The normalized spacial score (nSPS) is 14.7. The van der Waals surface area contributed by atoms with Crippen molar-refractivity contribution < 1.29 is 33.0 Å². The Bertz CT molecular complexity index is 1580. The summed E-state index contributed by atoms with van der Waals surface area (Å²) in [6.45, 7) is 3.31. The molecule has 0 spiro atoms. The first-order valence-electron chi connectivity index (χ1n) is 12.7. The van der Waals surface area contributed by atoms with E-state index in [9.17, 15) is 14.4 Å². The molecule has 0 saturated heterocycles. The number of para-hydroxylation sites is 1. The first-order valence-corrected chi connectivity index (χ1v) is 13.5. The van der Waals surface area contributed by atoms with E-state index in [1.807, 2.05) is 0 Å². The van der Waals surface area contributed by atoms with Crippen LogP contribution in [0.25, 0.3) is 11.3 Å². The van der Waals surface area contributed by atoms with Gasteiger partial charge in [0.25, 0.3) is 5.91 Å². The van der Waals surface area contributed by atoms with Crippen LogP contribution in [0, 0.1) is 0 Å². The predicted octanol–water partition coefficient (Wildman–Crippen LogP) is 4.27. The number of benzene rings is 2. The third-order valence-corrected chi connectivity index (χ3v) is 6.56. The molecule has 0 bridgehead atoms. The molecule has 2 aromatic carbocycles. The summed E-state index contributed by atoms with van der Waals surface area (Å²) in [4.78, 5) is 37.0. The highest BCUT2D eigenvalue weighted by Gasteiger charge is 2.32. The molecular formula is C29H27ClN4O7S. The van der Waals surface area contributed by atoms with Crippen molar-refractivity contribution in [1.82, 2.24) is 16.1 Å². The van der Waals surface area contributed by atoms with Crippen molar-refractivity contribution >= 4 is 53.0 Å². The third kappa shape index (κ3) is 7.14. The van der Waals surface area contributed by atoms with E-state index in [1.54, 1.807) is 68.4 Å². The van der Waals surface area contributed by atoms with Crippen LogP contribution in [0.1, 0.15) is 41.6 Å². The first-order chi connectivity index (χ1) is 20.2. The number of methoxy groups -OCH3 is 1. The molecule has 0 aliphatic carbocycles. The van der Waals surface area contributed by atoms with Gasteiger partial charge in [-0.2, -0.15) is 5.10 Å². The minimum absolute atomic E-state index is 0.210. The fourth-order valence-corrected chi connectivity index (χ4v) is 4.61. The van der Waals surface area contributed by atoms with Crippen molar-refractivity contribution in [3.05, 3.63) is 87.8 Å². The molecule has 4 rings (SSSR count). The van der Waals surface area contributed by atoms with Crippen molar-refractivity contribution in [2.24, 2.45) is 5.10 Å². The molecule has 0 unspecified atom stereocenters. The molecule has 42 heavy (non-hydrogen) atoms. The molecule has 1 amide bonds. The zero-order valence-corrected chi connectivity index (χ0v) is 24.4. The van der Waals surface area contributed by atoms with E-state index in [-0.39, 0.29) is 13.2 Å². The number of hydrogen-bond acceptors (Lipinski definition) is 9. The second-order valence-electron chi connectivity index (χ2n) is 8.80. The van der Waals surface area contributed by atoms with E-state index in [1.165, 1.54) is 13.3 Å². The van der Waals surface area contributed by atoms with Gasteiger partial charge in [0.15, 0.2) is 11.7 Å². The van der Waals surface area contributed by atoms with E-state index < -0.39 is 23.9 Å². The molecule has 218 valence electrons. The summed E-state index contributed by atoms with van der Waals surface area (Å²) >= 11 is 11.6. The van der Waals surface area contributed by atoms with Crippen molar-refractivity contribution in [3.8, 4) is 17.1 Å². The Hall–Kier alpha value is -4.68. The van der Waals surface area contributed by atoms with E-state index in [0.29, 0.717) is 55.4 Å². The van der Waals surface area contributed by atoms with Gasteiger partial charge >= 0.3 is 11.9 Å². The smallest absolute Gasteiger partial charge is 0.338 e. The summed E-state index contributed by atoms with van der Waals surface area (Å²) in [5, 5.41) is 10.7. The monoisotopic (exact) mass is 610 g/mol. The zero-order chi connectivity index (χ0) is 30.2. The van der Waals surface area contributed by atoms with Gasteiger partial charge < -0.3 is 29.3 Å². The lowest BCUT2D eigenvalue weighted by atomic mass is 9.95. The number of nitrogens with zero attached hydrogens (tertiary/aromatic N) is 1. The highest BCUT2D eigenvalue weighted by Crippen LogP contribution is 2.34. The van der Waals surface area contributed by atoms with Crippen LogP contribution in [0.3, 0.4) is 0 Å². The number of halogens is 1. The van der Waals surface area contributed by atoms with Gasteiger partial charge in [-0.3, -0.25) is 4.79 Å². The van der Waals surface area contributed by atoms with Crippen molar-refractivity contribution in [2.75, 3.05) is 20.3 Å². The number of nitrogens with one attached hydrogen (secondary N) is 3. The van der Waals surface area contributed by atoms with Gasteiger partial charge in [0, 0.05) is 16.8 Å². The van der Waals surface area contributed by atoms with Crippen LogP contribution in [0.5, 0.6) is 5.75 Å². The van der Waals surface area contributed by atoms with Crippen molar-refractivity contribution in [1.29, 1.82) is 0 Å². The molecule has 3 aromatic rings. The van der Waals surface area contributed by atoms with Gasteiger partial charge in [-0.1, -0.05) is 29.8 Å². The number of carbonyl (C=O) groups excluding carboxylic acids is 3. The van der Waals surface area contributed by atoms with E-state index in [2.05, 4.69) is 21.2 Å². The lowest BCUT2D eigenvalue weighted by molar-refractivity contribution is -0.139. The maximum Gasteiger partial charge on any atom is 0.338 e. The molecule has 2 heterocycles. The highest BCUT2D eigenvalue weighted by atomic mass is 35.5. The number of furan rings is 1. The molecule has 13 heteroatoms. The molecule has 1 aliphatic rings. The molecule has 1 aromatic heterocycles. The number of hydrogen-bond donors (Lipinski definition) is 3. The van der Waals surface area contributed by atoms with Gasteiger partial charge in [-0.15, -0.1) is 0 Å². The average Bonchev–Trinajstić information content (AvgIpc) is 3.44. The number of rotatable bonds is 10. The Morgan fingerprint density at radius 2 is 1.93 bits per heavy atom. The summed E-state index contributed by atoms with van der Waals surface area (Å²) in [7, 11) is 1.29. The van der Waals surface area contributed by atoms with Gasteiger partial charge in [0.2, 0.25) is 0 Å². The topological polar surface area (TPSA) is 140 Å². The number of carbonyl (C=O) groups is 3. The van der Waals surface area contributed by atoms with Crippen LogP contribution in [-0.4, -0.2) is 49.5 Å². The lowest BCUT2D eigenvalue weighted by Gasteiger charge is -2.30. The average molecular weight is 611 g/mol. The first kappa shape index (κ1) is 30.3. The summed E-state index contributed by atoms with van der Waals surface area (Å²) in [5.74, 6) is -0.434. The van der Waals surface area contributed by atoms with Crippen LogP contribution in [0.4, 0.5) is 0 Å². The van der Waals surface area contributed by atoms with Gasteiger partial charge in [-0.25, -0.2) is 15.0 Å². The fraction of sp³-hybridized carbons (Fsp3) is 0.207. The van der Waals surface area contributed by atoms with Crippen LogP contribution in [0.15, 0.2) is 75.4 Å². The van der Waals surface area contributed by atoms with Crippen LogP contribution >= 0.6 is 23.8 Å². The Balaban J connectivity index is 1.41. The second kappa shape index (κ2) is 13.8. The maximum absolute atomic E-state index is 12.7. The summed E-state index contributed by atoms with van der Waals surface area (Å²) < 4.78 is 21.5. The van der Waals surface area contributed by atoms with Gasteiger partial charge in [0.1, 0.15) is 17.3 Å². The number of esters is 2. The molecule has 0 fully saturated rings. The number of hydrazone groups is 1. The fourth-order valence-electron chi connectivity index (χ4n) is 4.13. The number of thiocarbonyl (C=S) groups is 1. The highest BCUT2D eigenvalue weighted by molar-refractivity contribution is 7.80. The largest absolute Gasteiger partial charge is 0.483 e. The quantitative estimate of drug-likeness (QED) is 0.132. The Kier molecular flexibility index (Phi) is 9.94. The molecular weight excluding hydrogens is 584 g/mol. The Morgan fingerprint density at radius 3 is 2.69 bits per heavy atom. The minimum Gasteiger partial charge on any atom is -0.483 e. The molecule has 3 N–H and O–H groups in total. The van der Waals surface area contributed by atoms with E-state index in [4.69, 9.17) is 42.4 Å². The van der Waals surface area contributed by atoms with E-state index >= 15 is 0 Å². The van der Waals surface area contributed by atoms with Crippen molar-refractivity contribution in [3.63, 3.8) is 0 Å². The molecule has 1 aliphatic heterocycles. The summed E-state index contributed by atoms with van der Waals surface area (Å²) in [6, 6.07) is 14.3. The number of allylic oxidation sites excluding steroid dienone is 1. The summed E-state index contributed by atoms with van der Waals surface area (Å²) in [6.07, 6.45) is 1.31. The Morgan fingerprint density at radius 1 is 1.14 bits per heavy atom. The lowest BCUT2D eigenvalue weighted by Crippen LogP contribution is -2.45. The molecule has 0 saturated carbocycles. The number of ether oxygens (including phenoxy) is 3. The van der Waals surface area contributed by atoms with E-state index in [0.717, 1.165) is 0 Å². The second-order valence-corrected chi connectivity index (χ2v) is 9.61.